The maximum Gasteiger partial charge on any atom is 0.573 e. The summed E-state index contributed by atoms with van der Waals surface area (Å²) in [4.78, 5) is 19.1. The molecule has 2 fully saturated rings. The molecule has 2 aromatic heterocycles. The van der Waals surface area contributed by atoms with Gasteiger partial charge < -0.3 is 19.7 Å². The predicted octanol–water partition coefficient (Wildman–Crippen LogP) is 5.35. The number of halogens is 3. The Hall–Kier alpha value is -3.50. The second kappa shape index (κ2) is 8.86. The molecule has 1 amide bonds. The predicted molar refractivity (Wildman–Crippen MR) is 127 cm³/mol. The van der Waals surface area contributed by atoms with E-state index in [1.54, 1.807) is 27.7 Å². The number of carbonyl (C=O) groups is 1. The highest BCUT2D eigenvalue weighted by molar-refractivity contribution is 5.78. The van der Waals surface area contributed by atoms with E-state index in [4.69, 9.17) is 4.74 Å². The number of nitrogens with zero attached hydrogens (tertiary/aromatic N) is 4. The zero-order valence-electron chi connectivity index (χ0n) is 20.2. The molecule has 0 unspecified atom stereocenters. The fourth-order valence-electron chi connectivity index (χ4n) is 5.11. The van der Waals surface area contributed by atoms with E-state index < -0.39 is 12.0 Å². The summed E-state index contributed by atoms with van der Waals surface area (Å²) >= 11 is 0. The fourth-order valence-corrected chi connectivity index (χ4v) is 5.11. The second-order valence-electron chi connectivity index (χ2n) is 10.4. The molecule has 2 aliphatic rings. The van der Waals surface area contributed by atoms with Gasteiger partial charge in [-0.1, -0.05) is 12.1 Å². The Labute approximate surface area is 206 Å². The molecule has 36 heavy (non-hydrogen) atoms. The smallest absolute Gasteiger partial charge is 0.444 e. The van der Waals surface area contributed by atoms with Crippen molar-refractivity contribution in [1.82, 2.24) is 19.5 Å². The van der Waals surface area contributed by atoms with E-state index in [0.717, 1.165) is 18.4 Å². The molecule has 0 radical (unpaired) electrons. The Morgan fingerprint density at radius 2 is 1.72 bits per heavy atom. The van der Waals surface area contributed by atoms with E-state index in [1.165, 1.54) is 12.1 Å². The molecule has 5 rings (SSSR count). The number of pyridine rings is 1. The highest BCUT2D eigenvalue weighted by Gasteiger charge is 2.44. The Balaban J connectivity index is 1.32. The number of hydrogen-bond acceptors (Lipinski definition) is 6. The molecule has 3 aromatic rings. The summed E-state index contributed by atoms with van der Waals surface area (Å²) in [5.74, 6) is 0.731. The number of aromatic nitrogens is 3. The van der Waals surface area contributed by atoms with Gasteiger partial charge in [-0.3, -0.25) is 0 Å². The number of ether oxygens (including phenoxy) is 2. The maximum absolute atomic E-state index is 12.6. The lowest BCUT2D eigenvalue weighted by molar-refractivity contribution is -0.274. The van der Waals surface area contributed by atoms with E-state index in [2.05, 4.69) is 20.1 Å². The summed E-state index contributed by atoms with van der Waals surface area (Å²) in [5.41, 5.74) is 1.48. The molecule has 2 bridgehead atoms. The number of fused-ring (bicyclic) bond motifs is 3. The number of hydrogen-bond donors (Lipinski definition) is 1. The minimum absolute atomic E-state index is 0.142. The highest BCUT2D eigenvalue weighted by atomic mass is 19.4. The SMILES string of the molecule is CC(C)(C)OC(=O)N1C[C@H]2CC[C@@H](C1)[C@@H]2Nc1nc2c(-c3ccc(OC(F)(F)F)cc3)cccn2n1. The van der Waals surface area contributed by atoms with Gasteiger partial charge in [0.1, 0.15) is 11.4 Å². The second-order valence-corrected chi connectivity index (χ2v) is 10.4. The van der Waals surface area contributed by atoms with Crippen LogP contribution in [-0.4, -0.2) is 56.7 Å². The molecule has 3 heterocycles. The standard InChI is InChI=1S/C25H28F3N5O3/c1-24(2,3)36-23(34)32-13-16-6-7-17(14-32)20(16)29-22-30-21-19(5-4-12-33(21)31-22)15-8-10-18(11-9-15)35-25(26,27)28/h4-5,8-12,16-17,20H,6-7,13-14H2,1-3H3,(H,29,31)/t16-,17+,20-. The number of anilines is 1. The maximum atomic E-state index is 12.6. The van der Waals surface area contributed by atoms with Crippen LogP contribution in [0.15, 0.2) is 42.6 Å². The third-order valence-electron chi connectivity index (χ3n) is 6.54. The molecule has 1 saturated carbocycles. The van der Waals surface area contributed by atoms with Gasteiger partial charge in [0.05, 0.1) is 0 Å². The van der Waals surface area contributed by atoms with Crippen molar-refractivity contribution in [2.75, 3.05) is 18.4 Å². The third kappa shape index (κ3) is 5.19. The van der Waals surface area contributed by atoms with Crippen LogP contribution >= 0.6 is 0 Å². The Morgan fingerprint density at radius 1 is 1.06 bits per heavy atom. The van der Waals surface area contributed by atoms with E-state index >= 15 is 0 Å². The lowest BCUT2D eigenvalue weighted by Crippen LogP contribution is -2.51. The first-order valence-electron chi connectivity index (χ1n) is 11.9. The molecular formula is C25H28F3N5O3. The molecule has 1 aliphatic heterocycles. The van der Waals surface area contributed by atoms with E-state index in [0.29, 0.717) is 30.2 Å². The molecule has 3 atom stereocenters. The number of rotatable bonds is 4. The molecule has 1 aromatic carbocycles. The average Bonchev–Trinajstić information content (AvgIpc) is 3.28. The van der Waals surface area contributed by atoms with Crippen molar-refractivity contribution < 1.29 is 27.4 Å². The van der Waals surface area contributed by atoms with E-state index in [1.807, 2.05) is 32.9 Å². The number of nitrogens with one attached hydrogen (secondary N) is 1. The van der Waals surface area contributed by atoms with Crippen molar-refractivity contribution in [1.29, 1.82) is 0 Å². The van der Waals surface area contributed by atoms with Crippen LogP contribution in [0.3, 0.4) is 0 Å². The van der Waals surface area contributed by atoms with Gasteiger partial charge in [-0.15, -0.1) is 18.3 Å². The lowest BCUT2D eigenvalue weighted by Gasteiger charge is -2.38. The van der Waals surface area contributed by atoms with Crippen molar-refractivity contribution in [2.24, 2.45) is 11.8 Å². The number of benzene rings is 1. The molecule has 192 valence electrons. The van der Waals surface area contributed by atoms with Gasteiger partial charge in [0.25, 0.3) is 0 Å². The van der Waals surface area contributed by atoms with Crippen LogP contribution in [0.4, 0.5) is 23.9 Å². The van der Waals surface area contributed by atoms with Gasteiger partial charge in [0.2, 0.25) is 5.95 Å². The molecular weight excluding hydrogens is 475 g/mol. The minimum atomic E-state index is -4.74. The topological polar surface area (TPSA) is 81.0 Å². The number of carbonyl (C=O) groups excluding carboxylic acids is 1. The van der Waals surface area contributed by atoms with Gasteiger partial charge >= 0.3 is 12.5 Å². The largest absolute Gasteiger partial charge is 0.573 e. The summed E-state index contributed by atoms with van der Waals surface area (Å²) < 4.78 is 48.6. The van der Waals surface area contributed by atoms with Crippen LogP contribution in [0.2, 0.25) is 0 Å². The summed E-state index contributed by atoms with van der Waals surface area (Å²) in [6.45, 7) is 6.83. The van der Waals surface area contributed by atoms with Crippen LogP contribution in [-0.2, 0) is 4.74 Å². The highest BCUT2D eigenvalue weighted by Crippen LogP contribution is 2.39. The van der Waals surface area contributed by atoms with Crippen molar-refractivity contribution in [3.8, 4) is 16.9 Å². The van der Waals surface area contributed by atoms with Gasteiger partial charge in [0.15, 0.2) is 5.65 Å². The van der Waals surface area contributed by atoms with E-state index in [9.17, 15) is 18.0 Å². The molecule has 8 nitrogen and oxygen atoms in total. The molecule has 1 saturated heterocycles. The zero-order valence-corrected chi connectivity index (χ0v) is 20.2. The van der Waals surface area contributed by atoms with Crippen molar-refractivity contribution in [2.45, 2.75) is 51.6 Å². The van der Waals surface area contributed by atoms with Crippen LogP contribution in [0.5, 0.6) is 5.75 Å². The van der Waals surface area contributed by atoms with Crippen LogP contribution in [0.25, 0.3) is 16.8 Å². The van der Waals surface area contributed by atoms with Crippen molar-refractivity contribution in [3.05, 3.63) is 42.6 Å². The Morgan fingerprint density at radius 3 is 2.33 bits per heavy atom. The molecule has 11 heteroatoms. The quantitative estimate of drug-likeness (QED) is 0.517. The van der Waals surface area contributed by atoms with Gasteiger partial charge in [-0.05, 0) is 75.3 Å². The lowest BCUT2D eigenvalue weighted by atomic mass is 9.92. The average molecular weight is 504 g/mol. The third-order valence-corrected chi connectivity index (χ3v) is 6.54. The fraction of sp³-hybridized carbons (Fsp3) is 0.480. The number of likely N-dealkylation sites (tertiary alicyclic amines) is 1. The molecule has 0 spiro atoms. The van der Waals surface area contributed by atoms with Crippen LogP contribution in [0, 0.1) is 11.8 Å². The minimum Gasteiger partial charge on any atom is -0.444 e. The zero-order chi connectivity index (χ0) is 25.7. The van der Waals surface area contributed by atoms with E-state index in [-0.39, 0.29) is 29.7 Å². The first-order chi connectivity index (χ1) is 16.9. The molecule has 1 aliphatic carbocycles. The summed E-state index contributed by atoms with van der Waals surface area (Å²) in [6.07, 6.45) is -1.23. The van der Waals surface area contributed by atoms with Crippen LogP contribution in [0.1, 0.15) is 33.6 Å². The van der Waals surface area contributed by atoms with Gasteiger partial charge in [0, 0.05) is 30.9 Å². The van der Waals surface area contributed by atoms with Gasteiger partial charge in [-0.25, -0.2) is 9.31 Å². The van der Waals surface area contributed by atoms with Crippen LogP contribution < -0.4 is 10.1 Å². The normalized spacial score (nSPS) is 22.1. The summed E-state index contributed by atoms with van der Waals surface area (Å²) in [5, 5.41) is 8.06. The molecule has 1 N–H and O–H groups in total. The van der Waals surface area contributed by atoms with Gasteiger partial charge in [-0.2, -0.15) is 4.98 Å². The number of piperidine rings is 1. The monoisotopic (exact) mass is 503 g/mol. The summed E-state index contributed by atoms with van der Waals surface area (Å²) in [7, 11) is 0. The Bertz CT molecular complexity index is 1240. The first-order valence-corrected chi connectivity index (χ1v) is 11.9. The Kier molecular flexibility index (Phi) is 5.96. The number of alkyl halides is 3. The number of amides is 1. The first kappa shape index (κ1) is 24.2. The summed E-state index contributed by atoms with van der Waals surface area (Å²) in [6, 6.07) is 9.47. The van der Waals surface area contributed by atoms with Crippen molar-refractivity contribution in [3.63, 3.8) is 0 Å². The van der Waals surface area contributed by atoms with Crippen molar-refractivity contribution >= 4 is 17.7 Å².